The molecule has 70 valence electrons. The van der Waals surface area contributed by atoms with Crippen LogP contribution in [0.5, 0.6) is 0 Å². The Morgan fingerprint density at radius 3 is 2.54 bits per heavy atom. The summed E-state index contributed by atoms with van der Waals surface area (Å²) in [5, 5.41) is 0. The molecule has 0 amide bonds. The first-order chi connectivity index (χ1) is 6.06. The zero-order valence-electron chi connectivity index (χ0n) is 6.10. The lowest BCUT2D eigenvalue weighted by molar-refractivity contribution is 0.110. The monoisotopic (exact) mass is 313 g/mol. The topological polar surface area (TPSA) is 30.0 Å². The van der Waals surface area contributed by atoms with Crippen molar-refractivity contribution < 1.29 is 13.6 Å². The Balaban J connectivity index is 3.32. The SMILES string of the molecule is O=Cc1nc(Br)c(Br)cc1C(F)F. The van der Waals surface area contributed by atoms with Gasteiger partial charge in [-0.3, -0.25) is 4.79 Å². The van der Waals surface area contributed by atoms with Gasteiger partial charge in [-0.25, -0.2) is 13.8 Å². The van der Waals surface area contributed by atoms with Gasteiger partial charge in [-0.1, -0.05) is 0 Å². The minimum atomic E-state index is -2.70. The number of alkyl halides is 2. The highest BCUT2D eigenvalue weighted by Gasteiger charge is 2.16. The summed E-state index contributed by atoms with van der Waals surface area (Å²) in [5.74, 6) is 0. The van der Waals surface area contributed by atoms with E-state index in [1.165, 1.54) is 6.07 Å². The summed E-state index contributed by atoms with van der Waals surface area (Å²) in [6.45, 7) is 0. The maximum absolute atomic E-state index is 12.3. The van der Waals surface area contributed by atoms with Crippen molar-refractivity contribution in [1.29, 1.82) is 0 Å². The molecule has 0 aromatic carbocycles. The number of carbonyl (C=O) groups is 1. The highest BCUT2D eigenvalue weighted by Crippen LogP contribution is 2.28. The number of aldehydes is 1. The molecule has 1 rings (SSSR count). The van der Waals surface area contributed by atoms with E-state index in [4.69, 9.17) is 0 Å². The van der Waals surface area contributed by atoms with E-state index >= 15 is 0 Å². The molecule has 0 fully saturated rings. The molecule has 0 spiro atoms. The molecule has 6 heteroatoms. The van der Waals surface area contributed by atoms with Gasteiger partial charge in [-0.05, 0) is 37.9 Å². The molecular weight excluding hydrogens is 312 g/mol. The number of halogens is 4. The van der Waals surface area contributed by atoms with Crippen LogP contribution >= 0.6 is 31.9 Å². The summed E-state index contributed by atoms with van der Waals surface area (Å²) in [5.41, 5.74) is -0.616. The minimum Gasteiger partial charge on any atom is -0.296 e. The van der Waals surface area contributed by atoms with Crippen molar-refractivity contribution in [2.24, 2.45) is 0 Å². The van der Waals surface area contributed by atoms with Gasteiger partial charge in [0.05, 0.1) is 4.47 Å². The van der Waals surface area contributed by atoms with Gasteiger partial charge in [-0.15, -0.1) is 0 Å². The zero-order valence-corrected chi connectivity index (χ0v) is 9.27. The minimum absolute atomic E-state index is 0.245. The van der Waals surface area contributed by atoms with E-state index in [1.807, 2.05) is 0 Å². The highest BCUT2D eigenvalue weighted by atomic mass is 79.9. The molecule has 0 saturated heterocycles. The molecule has 1 aromatic rings. The molecule has 0 N–H and O–H groups in total. The van der Waals surface area contributed by atoms with Crippen molar-refractivity contribution >= 4 is 38.1 Å². The molecule has 2 nitrogen and oxygen atoms in total. The van der Waals surface area contributed by atoms with Crippen LogP contribution in [-0.2, 0) is 0 Å². The van der Waals surface area contributed by atoms with Crippen LogP contribution in [0.4, 0.5) is 8.78 Å². The molecule has 0 aliphatic carbocycles. The maximum Gasteiger partial charge on any atom is 0.266 e. The van der Waals surface area contributed by atoms with E-state index in [-0.39, 0.29) is 11.3 Å². The number of aromatic nitrogens is 1. The predicted molar refractivity (Wildman–Crippen MR) is 50.0 cm³/mol. The zero-order chi connectivity index (χ0) is 10.0. The number of carbonyl (C=O) groups excluding carboxylic acids is 1. The van der Waals surface area contributed by atoms with Gasteiger partial charge in [0.25, 0.3) is 6.43 Å². The smallest absolute Gasteiger partial charge is 0.266 e. The van der Waals surface area contributed by atoms with Gasteiger partial charge in [0.15, 0.2) is 6.29 Å². The molecule has 0 atom stereocenters. The molecular formula is C7H3Br2F2NO. The van der Waals surface area contributed by atoms with Gasteiger partial charge in [0, 0.05) is 5.56 Å². The van der Waals surface area contributed by atoms with Gasteiger partial charge in [-0.2, -0.15) is 0 Å². The highest BCUT2D eigenvalue weighted by molar-refractivity contribution is 9.13. The van der Waals surface area contributed by atoms with Crippen molar-refractivity contribution in [2.45, 2.75) is 6.43 Å². The lowest BCUT2D eigenvalue weighted by Gasteiger charge is -2.04. The summed E-state index contributed by atoms with van der Waals surface area (Å²) in [6.07, 6.45) is -2.39. The van der Waals surface area contributed by atoms with E-state index in [0.717, 1.165) is 0 Å². The van der Waals surface area contributed by atoms with Crippen LogP contribution in [0.15, 0.2) is 15.1 Å². The Kier molecular flexibility index (Phi) is 3.49. The van der Waals surface area contributed by atoms with Crippen molar-refractivity contribution in [1.82, 2.24) is 4.98 Å². The van der Waals surface area contributed by atoms with E-state index in [0.29, 0.717) is 15.4 Å². The van der Waals surface area contributed by atoms with E-state index < -0.39 is 6.43 Å². The Hall–Kier alpha value is -0.360. The Bertz CT molecular complexity index is 344. The third kappa shape index (κ3) is 2.31. The second-order valence-corrected chi connectivity index (χ2v) is 3.76. The second-order valence-electron chi connectivity index (χ2n) is 2.15. The molecule has 0 aliphatic heterocycles. The normalized spacial score (nSPS) is 10.5. The number of pyridine rings is 1. The van der Waals surface area contributed by atoms with Gasteiger partial charge in [0.1, 0.15) is 10.3 Å². The fourth-order valence-electron chi connectivity index (χ4n) is 0.763. The number of rotatable bonds is 2. The standard InChI is InChI=1S/C7H3Br2F2NO/c8-4-1-3(7(10)11)5(2-13)12-6(4)9/h1-2,7H. The first-order valence-electron chi connectivity index (χ1n) is 3.15. The average Bonchev–Trinajstić information content (AvgIpc) is 2.08. The van der Waals surface area contributed by atoms with Crippen LogP contribution in [0.25, 0.3) is 0 Å². The average molecular weight is 315 g/mol. The molecule has 0 radical (unpaired) electrons. The van der Waals surface area contributed by atoms with Crippen molar-refractivity contribution in [3.05, 3.63) is 26.4 Å². The van der Waals surface area contributed by atoms with Gasteiger partial charge >= 0.3 is 0 Å². The third-order valence-corrected chi connectivity index (χ3v) is 3.08. The van der Waals surface area contributed by atoms with Crippen molar-refractivity contribution in [2.75, 3.05) is 0 Å². The quantitative estimate of drug-likeness (QED) is 0.619. The van der Waals surface area contributed by atoms with E-state index in [9.17, 15) is 13.6 Å². The van der Waals surface area contributed by atoms with Crippen molar-refractivity contribution in [3.8, 4) is 0 Å². The molecule has 13 heavy (non-hydrogen) atoms. The fourth-order valence-corrected chi connectivity index (χ4v) is 1.40. The lowest BCUT2D eigenvalue weighted by atomic mass is 10.2. The molecule has 0 unspecified atom stereocenters. The second kappa shape index (κ2) is 4.23. The van der Waals surface area contributed by atoms with Crippen LogP contribution in [0.2, 0.25) is 0 Å². The molecule has 0 aliphatic rings. The largest absolute Gasteiger partial charge is 0.296 e. The molecule has 0 saturated carbocycles. The van der Waals surface area contributed by atoms with Gasteiger partial charge in [0.2, 0.25) is 0 Å². The summed E-state index contributed by atoms with van der Waals surface area (Å²) in [6, 6.07) is 1.17. The number of nitrogens with zero attached hydrogens (tertiary/aromatic N) is 1. The predicted octanol–water partition coefficient (Wildman–Crippen LogP) is 3.36. The van der Waals surface area contributed by atoms with E-state index in [2.05, 4.69) is 36.8 Å². The molecule has 0 bridgehead atoms. The number of hydrogen-bond donors (Lipinski definition) is 0. The summed E-state index contributed by atoms with van der Waals surface area (Å²) in [4.78, 5) is 14.0. The van der Waals surface area contributed by atoms with E-state index in [1.54, 1.807) is 0 Å². The van der Waals surface area contributed by atoms with Crippen LogP contribution in [0, 0.1) is 0 Å². The summed E-state index contributed by atoms with van der Waals surface area (Å²) < 4.78 is 25.3. The Labute approximate surface area is 89.6 Å². The molecule has 1 heterocycles. The van der Waals surface area contributed by atoms with Crippen molar-refractivity contribution in [3.63, 3.8) is 0 Å². The van der Waals surface area contributed by atoms with Crippen LogP contribution in [-0.4, -0.2) is 11.3 Å². The lowest BCUT2D eigenvalue weighted by Crippen LogP contribution is -1.98. The summed E-state index contributed by atoms with van der Waals surface area (Å²) >= 11 is 6.03. The van der Waals surface area contributed by atoms with Crippen LogP contribution in [0.1, 0.15) is 22.5 Å². The van der Waals surface area contributed by atoms with Gasteiger partial charge < -0.3 is 0 Å². The Morgan fingerprint density at radius 1 is 1.46 bits per heavy atom. The Morgan fingerprint density at radius 2 is 2.08 bits per heavy atom. The fraction of sp³-hybridized carbons (Fsp3) is 0.143. The maximum atomic E-state index is 12.3. The summed E-state index contributed by atoms with van der Waals surface area (Å²) in [7, 11) is 0. The van der Waals surface area contributed by atoms with Crippen LogP contribution < -0.4 is 0 Å². The van der Waals surface area contributed by atoms with Crippen LogP contribution in [0.3, 0.4) is 0 Å². The third-order valence-electron chi connectivity index (χ3n) is 1.34. The first kappa shape index (κ1) is 10.7. The first-order valence-corrected chi connectivity index (χ1v) is 4.74. The molecule has 1 aromatic heterocycles. The number of hydrogen-bond acceptors (Lipinski definition) is 2.